The molecule has 0 aliphatic heterocycles. The highest BCUT2D eigenvalue weighted by Gasteiger charge is 2.30. The molecular weight excluding hydrogens is 305 g/mol. The van der Waals surface area contributed by atoms with Crippen LogP contribution in [0.2, 0.25) is 0 Å². The summed E-state index contributed by atoms with van der Waals surface area (Å²) in [4.78, 5) is 12.6. The fourth-order valence-corrected chi connectivity index (χ4v) is 3.00. The number of nitrogens with zero attached hydrogens (tertiary/aromatic N) is 2. The summed E-state index contributed by atoms with van der Waals surface area (Å²) >= 11 is 0. The Morgan fingerprint density at radius 1 is 1.38 bits per heavy atom. The zero-order valence-electron chi connectivity index (χ0n) is 15.3. The highest BCUT2D eigenvalue weighted by Crippen LogP contribution is 2.37. The minimum absolute atomic E-state index is 0.00588. The number of aromatic nitrogens is 2. The van der Waals surface area contributed by atoms with E-state index in [2.05, 4.69) is 38.1 Å². The average molecular weight is 331 g/mol. The fraction of sp³-hybridized carbons (Fsp3) is 0.474. The molecule has 0 aliphatic rings. The summed E-state index contributed by atoms with van der Waals surface area (Å²) < 4.78 is 15.2. The molecular formula is C19H26FN3O. The molecule has 0 aliphatic carbocycles. The van der Waals surface area contributed by atoms with Crippen LogP contribution in [0.15, 0.2) is 24.3 Å². The largest absolute Gasteiger partial charge is 0.322 e. The molecule has 2 aromatic rings. The minimum Gasteiger partial charge on any atom is -0.322 e. The second kappa shape index (κ2) is 6.75. The molecule has 0 fully saturated rings. The topological polar surface area (TPSA) is 46.9 Å². The van der Waals surface area contributed by atoms with Gasteiger partial charge in [-0.25, -0.2) is 4.68 Å². The molecule has 130 valence electrons. The number of hydrogen-bond donors (Lipinski definition) is 1. The van der Waals surface area contributed by atoms with Crippen LogP contribution in [0.25, 0.3) is 0 Å². The van der Waals surface area contributed by atoms with Crippen molar-refractivity contribution < 1.29 is 9.18 Å². The van der Waals surface area contributed by atoms with E-state index in [1.807, 2.05) is 24.3 Å². The standard InChI is InChI=1S/C19H26FN3O/c1-7-12(2)19(4,5)14-10-8-9-11-15(14)21-18(24)16-13(3)22-23(6)17(16)20/h8-12H,7H2,1-6H3,(H,21,24). The lowest BCUT2D eigenvalue weighted by Gasteiger charge is -2.33. The van der Waals surface area contributed by atoms with E-state index >= 15 is 0 Å². The van der Waals surface area contributed by atoms with Gasteiger partial charge < -0.3 is 5.32 Å². The summed E-state index contributed by atoms with van der Waals surface area (Å²) in [5.74, 6) is -0.651. The van der Waals surface area contributed by atoms with Gasteiger partial charge in [0, 0.05) is 12.7 Å². The third kappa shape index (κ3) is 3.21. The molecule has 4 nitrogen and oxygen atoms in total. The highest BCUT2D eigenvalue weighted by molar-refractivity contribution is 6.05. The third-order valence-corrected chi connectivity index (χ3v) is 5.09. The van der Waals surface area contributed by atoms with Gasteiger partial charge >= 0.3 is 0 Å². The molecule has 5 heteroatoms. The van der Waals surface area contributed by atoms with E-state index < -0.39 is 11.9 Å². The molecule has 1 aromatic heterocycles. The molecule has 1 heterocycles. The molecule has 0 saturated heterocycles. The van der Waals surface area contributed by atoms with Gasteiger partial charge in [0.25, 0.3) is 5.91 Å². The van der Waals surface area contributed by atoms with Crippen LogP contribution in [0, 0.1) is 18.8 Å². The molecule has 2 rings (SSSR count). The Hall–Kier alpha value is -2.17. The van der Waals surface area contributed by atoms with E-state index in [-0.39, 0.29) is 11.0 Å². The van der Waals surface area contributed by atoms with Gasteiger partial charge in [0.15, 0.2) is 0 Å². The number of hydrogen-bond acceptors (Lipinski definition) is 2. The zero-order valence-corrected chi connectivity index (χ0v) is 15.3. The first kappa shape index (κ1) is 18.2. The van der Waals surface area contributed by atoms with E-state index in [1.165, 1.54) is 7.05 Å². The van der Waals surface area contributed by atoms with E-state index in [0.717, 1.165) is 22.4 Å². The second-order valence-electron chi connectivity index (χ2n) is 6.91. The maximum Gasteiger partial charge on any atom is 0.262 e. The molecule has 24 heavy (non-hydrogen) atoms. The number of anilines is 1. The maximum atomic E-state index is 14.1. The molecule has 0 radical (unpaired) electrons. The molecule has 1 N–H and O–H groups in total. The van der Waals surface area contributed by atoms with E-state index in [0.29, 0.717) is 11.6 Å². The number of benzene rings is 1. The van der Waals surface area contributed by atoms with Crippen molar-refractivity contribution >= 4 is 11.6 Å². The highest BCUT2D eigenvalue weighted by atomic mass is 19.1. The molecule has 0 bridgehead atoms. The SMILES string of the molecule is CCC(C)C(C)(C)c1ccccc1NC(=O)c1c(C)nn(C)c1F. The minimum atomic E-state index is -0.622. The zero-order chi connectivity index (χ0) is 18.1. The van der Waals surface area contributed by atoms with Crippen molar-refractivity contribution in [1.29, 1.82) is 0 Å². The summed E-state index contributed by atoms with van der Waals surface area (Å²) in [6.45, 7) is 10.3. The first-order chi connectivity index (χ1) is 11.2. The second-order valence-corrected chi connectivity index (χ2v) is 6.91. The Balaban J connectivity index is 2.39. The van der Waals surface area contributed by atoms with Gasteiger partial charge in [-0.2, -0.15) is 9.49 Å². The lowest BCUT2D eigenvalue weighted by Crippen LogP contribution is -2.28. The smallest absolute Gasteiger partial charge is 0.262 e. The molecule has 0 saturated carbocycles. The first-order valence-electron chi connectivity index (χ1n) is 8.30. The van der Waals surface area contributed by atoms with Gasteiger partial charge in [-0.1, -0.05) is 52.3 Å². The van der Waals surface area contributed by atoms with Crippen LogP contribution in [-0.4, -0.2) is 15.7 Å². The summed E-state index contributed by atoms with van der Waals surface area (Å²) in [7, 11) is 1.49. The van der Waals surface area contributed by atoms with Crippen LogP contribution in [0.1, 0.15) is 55.7 Å². The number of amides is 1. The molecule has 1 aromatic carbocycles. The van der Waals surface area contributed by atoms with Gasteiger partial charge in [0.2, 0.25) is 5.95 Å². The lowest BCUT2D eigenvalue weighted by molar-refractivity contribution is 0.102. The summed E-state index contributed by atoms with van der Waals surface area (Å²) in [6.07, 6.45) is 1.03. The summed E-state index contributed by atoms with van der Waals surface area (Å²) in [6, 6.07) is 7.72. The number of rotatable bonds is 5. The van der Waals surface area contributed by atoms with Crippen LogP contribution in [0.4, 0.5) is 10.1 Å². The summed E-state index contributed by atoms with van der Waals surface area (Å²) in [5, 5.41) is 6.84. The Bertz CT molecular complexity index is 749. The number of para-hydroxylation sites is 1. The lowest BCUT2D eigenvalue weighted by atomic mass is 9.72. The van der Waals surface area contributed by atoms with Gasteiger partial charge in [-0.15, -0.1) is 0 Å². The quantitative estimate of drug-likeness (QED) is 0.880. The van der Waals surface area contributed by atoms with Crippen LogP contribution >= 0.6 is 0 Å². The van der Waals surface area contributed by atoms with Gasteiger partial charge in [-0.05, 0) is 29.9 Å². The first-order valence-corrected chi connectivity index (χ1v) is 8.30. The monoisotopic (exact) mass is 331 g/mol. The van der Waals surface area contributed by atoms with Crippen molar-refractivity contribution in [2.24, 2.45) is 13.0 Å². The normalized spacial score (nSPS) is 13.0. The van der Waals surface area contributed by atoms with E-state index in [4.69, 9.17) is 0 Å². The fourth-order valence-electron chi connectivity index (χ4n) is 3.00. The number of halogens is 1. The van der Waals surface area contributed by atoms with Gasteiger partial charge in [0.1, 0.15) is 5.56 Å². The van der Waals surface area contributed by atoms with Crippen LogP contribution < -0.4 is 5.32 Å². The van der Waals surface area contributed by atoms with Gasteiger partial charge in [-0.3, -0.25) is 4.79 Å². The molecule has 1 amide bonds. The average Bonchev–Trinajstić information content (AvgIpc) is 2.79. The van der Waals surface area contributed by atoms with Crippen molar-refractivity contribution in [2.45, 2.75) is 46.5 Å². The number of nitrogens with one attached hydrogen (secondary N) is 1. The Morgan fingerprint density at radius 3 is 2.54 bits per heavy atom. The third-order valence-electron chi connectivity index (χ3n) is 5.09. The number of aryl methyl sites for hydroxylation is 2. The Labute approximate surface area is 143 Å². The van der Waals surface area contributed by atoms with Crippen molar-refractivity contribution in [1.82, 2.24) is 9.78 Å². The Kier molecular flexibility index (Phi) is 5.11. The molecule has 1 atom stereocenters. The van der Waals surface area contributed by atoms with Crippen LogP contribution in [-0.2, 0) is 12.5 Å². The predicted molar refractivity (Wildman–Crippen MR) is 94.8 cm³/mol. The van der Waals surface area contributed by atoms with E-state index in [9.17, 15) is 9.18 Å². The molecule has 1 unspecified atom stereocenters. The van der Waals surface area contributed by atoms with Crippen molar-refractivity contribution in [2.75, 3.05) is 5.32 Å². The van der Waals surface area contributed by atoms with E-state index in [1.54, 1.807) is 6.92 Å². The van der Waals surface area contributed by atoms with Gasteiger partial charge in [0.05, 0.1) is 5.69 Å². The van der Waals surface area contributed by atoms with Crippen molar-refractivity contribution in [3.05, 3.63) is 47.0 Å². The Morgan fingerprint density at radius 2 is 2.00 bits per heavy atom. The maximum absolute atomic E-state index is 14.1. The molecule has 0 spiro atoms. The van der Waals surface area contributed by atoms with Crippen molar-refractivity contribution in [3.63, 3.8) is 0 Å². The van der Waals surface area contributed by atoms with Crippen LogP contribution in [0.5, 0.6) is 0 Å². The number of carbonyl (C=O) groups excluding carboxylic acids is 1. The predicted octanol–water partition coefficient (Wildman–Crippen LogP) is 4.44. The van der Waals surface area contributed by atoms with Crippen LogP contribution in [0.3, 0.4) is 0 Å². The number of carbonyl (C=O) groups is 1. The summed E-state index contributed by atoms with van der Waals surface area (Å²) in [5.41, 5.74) is 2.03. The van der Waals surface area contributed by atoms with Crippen molar-refractivity contribution in [3.8, 4) is 0 Å².